The Morgan fingerprint density at radius 3 is 2.30 bits per heavy atom. The van der Waals surface area contributed by atoms with Crippen LogP contribution in [0.15, 0.2) is 48.5 Å². The lowest BCUT2D eigenvalue weighted by atomic mass is 10.00. The predicted molar refractivity (Wildman–Crippen MR) is 108 cm³/mol. The van der Waals surface area contributed by atoms with Gasteiger partial charge in [-0.2, -0.15) is 0 Å². The number of rotatable bonds is 5. The molecular formula is C21H25ClFN3O. The number of hydrogen-bond donors (Lipinski definition) is 1. The third-order valence-electron chi connectivity index (χ3n) is 4.95. The van der Waals surface area contributed by atoms with Gasteiger partial charge in [-0.15, -0.1) is 0 Å². The van der Waals surface area contributed by atoms with Crippen LogP contribution in [-0.4, -0.2) is 42.0 Å². The van der Waals surface area contributed by atoms with E-state index < -0.39 is 0 Å². The summed E-state index contributed by atoms with van der Waals surface area (Å²) in [6.45, 7) is 5.10. The molecule has 0 aromatic heterocycles. The average molecular weight is 390 g/mol. The van der Waals surface area contributed by atoms with E-state index in [9.17, 15) is 9.18 Å². The fourth-order valence-corrected chi connectivity index (χ4v) is 3.62. The van der Waals surface area contributed by atoms with Gasteiger partial charge < -0.3 is 10.2 Å². The second kappa shape index (κ2) is 9.20. The maximum absolute atomic E-state index is 13.2. The maximum Gasteiger partial charge on any atom is 0.321 e. The Morgan fingerprint density at radius 2 is 1.70 bits per heavy atom. The van der Waals surface area contributed by atoms with E-state index in [2.05, 4.69) is 17.1 Å². The molecule has 3 rings (SSSR count). The van der Waals surface area contributed by atoms with Crippen molar-refractivity contribution in [3.05, 3.63) is 64.9 Å². The molecule has 2 amide bonds. The Bertz CT molecular complexity index is 743. The molecule has 4 nitrogen and oxygen atoms in total. The molecule has 0 radical (unpaired) electrons. The van der Waals surface area contributed by atoms with Crippen molar-refractivity contribution in [2.75, 3.05) is 31.5 Å². The van der Waals surface area contributed by atoms with Crippen LogP contribution in [0.4, 0.5) is 14.9 Å². The molecule has 6 heteroatoms. The molecular weight excluding hydrogens is 365 g/mol. The van der Waals surface area contributed by atoms with Crippen LogP contribution in [0, 0.1) is 5.82 Å². The van der Waals surface area contributed by atoms with Crippen LogP contribution >= 0.6 is 11.6 Å². The number of anilines is 1. The van der Waals surface area contributed by atoms with E-state index in [1.807, 2.05) is 17.0 Å². The smallest absolute Gasteiger partial charge is 0.321 e. The summed E-state index contributed by atoms with van der Waals surface area (Å²) in [5.41, 5.74) is 1.87. The van der Waals surface area contributed by atoms with Gasteiger partial charge in [0.1, 0.15) is 5.82 Å². The monoisotopic (exact) mass is 389 g/mol. The van der Waals surface area contributed by atoms with Gasteiger partial charge in [0.2, 0.25) is 0 Å². The molecule has 1 fully saturated rings. The van der Waals surface area contributed by atoms with Gasteiger partial charge in [0, 0.05) is 42.9 Å². The number of carbonyl (C=O) groups is 1. The molecule has 2 aromatic rings. The van der Waals surface area contributed by atoms with E-state index >= 15 is 0 Å². The van der Waals surface area contributed by atoms with Gasteiger partial charge in [-0.3, -0.25) is 4.90 Å². The number of carbonyl (C=O) groups excluding carboxylic acids is 1. The van der Waals surface area contributed by atoms with Crippen LogP contribution in [0.2, 0.25) is 5.02 Å². The Hall–Kier alpha value is -2.11. The van der Waals surface area contributed by atoms with Crippen LogP contribution < -0.4 is 5.32 Å². The van der Waals surface area contributed by atoms with Crippen molar-refractivity contribution in [2.45, 2.75) is 25.8 Å². The lowest BCUT2D eigenvalue weighted by Gasteiger charge is -2.39. The quantitative estimate of drug-likeness (QED) is 0.765. The molecule has 27 heavy (non-hydrogen) atoms. The summed E-state index contributed by atoms with van der Waals surface area (Å²) < 4.78 is 13.2. The molecule has 1 atom stereocenters. The largest absolute Gasteiger partial charge is 0.322 e. The van der Waals surface area contributed by atoms with E-state index in [0.29, 0.717) is 18.1 Å². The Labute approximate surface area is 164 Å². The molecule has 1 N–H and O–H groups in total. The van der Waals surface area contributed by atoms with Crippen molar-refractivity contribution < 1.29 is 9.18 Å². The highest BCUT2D eigenvalue weighted by Crippen LogP contribution is 2.27. The molecule has 0 bridgehead atoms. The fraction of sp³-hybridized carbons (Fsp3) is 0.381. The minimum absolute atomic E-state index is 0.0919. The van der Waals surface area contributed by atoms with Gasteiger partial charge in [0.15, 0.2) is 0 Å². The summed E-state index contributed by atoms with van der Waals surface area (Å²) >= 11 is 5.88. The molecule has 1 heterocycles. The summed E-state index contributed by atoms with van der Waals surface area (Å²) in [5, 5.41) is 3.56. The zero-order chi connectivity index (χ0) is 19.2. The minimum atomic E-state index is -0.210. The molecule has 1 unspecified atom stereocenters. The van der Waals surface area contributed by atoms with E-state index in [0.717, 1.165) is 37.2 Å². The van der Waals surface area contributed by atoms with Gasteiger partial charge in [-0.1, -0.05) is 37.1 Å². The number of piperazine rings is 1. The van der Waals surface area contributed by atoms with Gasteiger partial charge in [-0.25, -0.2) is 9.18 Å². The number of benzene rings is 2. The van der Waals surface area contributed by atoms with Crippen LogP contribution in [-0.2, 0) is 0 Å². The van der Waals surface area contributed by atoms with Crippen LogP contribution in [0.25, 0.3) is 0 Å². The van der Waals surface area contributed by atoms with Crippen molar-refractivity contribution in [3.8, 4) is 0 Å². The van der Waals surface area contributed by atoms with E-state index in [1.165, 1.54) is 12.1 Å². The number of amides is 2. The van der Waals surface area contributed by atoms with Crippen molar-refractivity contribution in [1.29, 1.82) is 0 Å². The minimum Gasteiger partial charge on any atom is -0.322 e. The molecule has 0 spiro atoms. The first-order valence-corrected chi connectivity index (χ1v) is 9.75. The van der Waals surface area contributed by atoms with Crippen LogP contribution in [0.5, 0.6) is 0 Å². The summed E-state index contributed by atoms with van der Waals surface area (Å²) in [6.07, 6.45) is 2.07. The third kappa shape index (κ3) is 5.21. The van der Waals surface area contributed by atoms with Crippen molar-refractivity contribution >= 4 is 23.3 Å². The SMILES string of the molecule is CCCC(c1ccc(F)cc1)N1CCN(C(=O)Nc2ccc(Cl)cc2)CC1. The van der Waals surface area contributed by atoms with E-state index in [4.69, 9.17) is 11.6 Å². The zero-order valence-electron chi connectivity index (χ0n) is 15.5. The normalized spacial score (nSPS) is 16.2. The Balaban J connectivity index is 1.58. The number of hydrogen-bond acceptors (Lipinski definition) is 2. The standard InChI is InChI=1S/C21H25ClFN3O/c1-2-3-20(16-4-8-18(23)9-5-16)25-12-14-26(15-13-25)21(27)24-19-10-6-17(22)7-11-19/h4-11,20H,2-3,12-15H2,1H3,(H,24,27). The zero-order valence-corrected chi connectivity index (χ0v) is 16.3. The number of nitrogens with zero attached hydrogens (tertiary/aromatic N) is 2. The average Bonchev–Trinajstić information content (AvgIpc) is 2.69. The van der Waals surface area contributed by atoms with E-state index in [-0.39, 0.29) is 17.9 Å². The first kappa shape index (κ1) is 19.6. The molecule has 144 valence electrons. The van der Waals surface area contributed by atoms with Gasteiger partial charge in [0.25, 0.3) is 0 Å². The molecule has 2 aromatic carbocycles. The molecule has 1 aliphatic rings. The Morgan fingerprint density at radius 1 is 1.07 bits per heavy atom. The fourth-order valence-electron chi connectivity index (χ4n) is 3.49. The molecule has 0 aliphatic carbocycles. The van der Waals surface area contributed by atoms with Crippen molar-refractivity contribution in [1.82, 2.24) is 9.80 Å². The highest BCUT2D eigenvalue weighted by atomic mass is 35.5. The highest BCUT2D eigenvalue weighted by Gasteiger charge is 2.26. The number of nitrogens with one attached hydrogen (secondary N) is 1. The maximum atomic E-state index is 13.2. The predicted octanol–water partition coefficient (Wildman–Crippen LogP) is 5.17. The lowest BCUT2D eigenvalue weighted by molar-refractivity contribution is 0.108. The van der Waals surface area contributed by atoms with Gasteiger partial charge >= 0.3 is 6.03 Å². The second-order valence-electron chi connectivity index (χ2n) is 6.82. The van der Waals surface area contributed by atoms with Gasteiger partial charge in [0.05, 0.1) is 0 Å². The summed E-state index contributed by atoms with van der Waals surface area (Å²) in [5.74, 6) is -0.210. The summed E-state index contributed by atoms with van der Waals surface area (Å²) in [7, 11) is 0. The molecule has 1 saturated heterocycles. The molecule has 1 aliphatic heterocycles. The second-order valence-corrected chi connectivity index (χ2v) is 7.25. The molecule has 0 saturated carbocycles. The first-order valence-electron chi connectivity index (χ1n) is 9.38. The Kier molecular flexibility index (Phi) is 6.69. The number of urea groups is 1. The topological polar surface area (TPSA) is 35.6 Å². The first-order chi connectivity index (χ1) is 13.1. The van der Waals surface area contributed by atoms with Crippen molar-refractivity contribution in [2.24, 2.45) is 0 Å². The number of halogens is 2. The summed E-state index contributed by atoms with van der Waals surface area (Å²) in [4.78, 5) is 16.7. The van der Waals surface area contributed by atoms with Gasteiger partial charge in [-0.05, 0) is 48.4 Å². The lowest BCUT2D eigenvalue weighted by Crippen LogP contribution is -2.50. The van der Waals surface area contributed by atoms with Crippen molar-refractivity contribution in [3.63, 3.8) is 0 Å². The van der Waals surface area contributed by atoms with Crippen LogP contribution in [0.3, 0.4) is 0 Å². The summed E-state index contributed by atoms with van der Waals surface area (Å²) in [6, 6.07) is 14.1. The third-order valence-corrected chi connectivity index (χ3v) is 5.21. The van der Waals surface area contributed by atoms with E-state index in [1.54, 1.807) is 24.3 Å². The highest BCUT2D eigenvalue weighted by molar-refractivity contribution is 6.30. The van der Waals surface area contributed by atoms with Crippen LogP contribution in [0.1, 0.15) is 31.4 Å².